The van der Waals surface area contributed by atoms with Crippen LogP contribution in [-0.4, -0.2) is 49.6 Å². The molecule has 1 saturated carbocycles. The topological polar surface area (TPSA) is 44.4 Å². The highest BCUT2D eigenvalue weighted by Crippen LogP contribution is 2.21. The van der Waals surface area contributed by atoms with Crippen molar-refractivity contribution in [2.24, 2.45) is 0 Å². The van der Waals surface area contributed by atoms with Crippen LogP contribution in [0, 0.1) is 0 Å². The van der Waals surface area contributed by atoms with Crippen molar-refractivity contribution in [2.75, 3.05) is 26.7 Å². The van der Waals surface area contributed by atoms with Gasteiger partial charge in [-0.3, -0.25) is 4.79 Å². The van der Waals surface area contributed by atoms with E-state index in [4.69, 9.17) is 0 Å². The van der Waals surface area contributed by atoms with Crippen LogP contribution < -0.4 is 10.6 Å². The third kappa shape index (κ3) is 7.53. The van der Waals surface area contributed by atoms with Crippen LogP contribution in [0.1, 0.15) is 52.4 Å². The Morgan fingerprint density at radius 1 is 1.26 bits per heavy atom. The summed E-state index contributed by atoms with van der Waals surface area (Å²) >= 11 is 0. The molecular formula is C15H31N3O. The Hall–Kier alpha value is -0.610. The Balaban J connectivity index is 1.99. The summed E-state index contributed by atoms with van der Waals surface area (Å²) in [7, 11) is 2.24. The van der Waals surface area contributed by atoms with Gasteiger partial charge < -0.3 is 15.5 Å². The van der Waals surface area contributed by atoms with E-state index in [1.165, 1.54) is 32.1 Å². The van der Waals surface area contributed by atoms with Crippen molar-refractivity contribution in [3.05, 3.63) is 0 Å². The fourth-order valence-electron chi connectivity index (χ4n) is 2.73. The van der Waals surface area contributed by atoms with Crippen molar-refractivity contribution in [3.63, 3.8) is 0 Å². The highest BCUT2D eigenvalue weighted by molar-refractivity contribution is 5.78. The molecule has 0 unspecified atom stereocenters. The summed E-state index contributed by atoms with van der Waals surface area (Å²) < 4.78 is 0. The SMILES string of the molecule is CC(C)NC(=O)CNCCCN(C)C1CCCCC1. The second-order valence-electron chi connectivity index (χ2n) is 6.02. The largest absolute Gasteiger partial charge is 0.353 e. The number of nitrogens with zero attached hydrogens (tertiary/aromatic N) is 1. The van der Waals surface area contributed by atoms with Crippen LogP contribution in [0.2, 0.25) is 0 Å². The minimum Gasteiger partial charge on any atom is -0.353 e. The molecule has 0 aromatic heterocycles. The van der Waals surface area contributed by atoms with Gasteiger partial charge in [-0.2, -0.15) is 0 Å². The summed E-state index contributed by atoms with van der Waals surface area (Å²) in [4.78, 5) is 13.9. The molecule has 2 N–H and O–H groups in total. The van der Waals surface area contributed by atoms with Gasteiger partial charge in [-0.15, -0.1) is 0 Å². The molecular weight excluding hydrogens is 238 g/mol. The number of carbonyl (C=O) groups excluding carboxylic acids is 1. The van der Waals surface area contributed by atoms with E-state index in [1.807, 2.05) is 13.8 Å². The van der Waals surface area contributed by atoms with Crippen LogP contribution in [0.4, 0.5) is 0 Å². The predicted octanol–water partition coefficient (Wildman–Crippen LogP) is 1.76. The Bertz CT molecular complexity index is 250. The maximum absolute atomic E-state index is 11.4. The van der Waals surface area contributed by atoms with Crippen LogP contribution in [0.5, 0.6) is 0 Å². The Morgan fingerprint density at radius 2 is 1.95 bits per heavy atom. The second-order valence-corrected chi connectivity index (χ2v) is 6.02. The summed E-state index contributed by atoms with van der Waals surface area (Å²) in [6, 6.07) is 1.02. The zero-order chi connectivity index (χ0) is 14.1. The third-order valence-corrected chi connectivity index (χ3v) is 3.80. The van der Waals surface area contributed by atoms with Gasteiger partial charge in [0.2, 0.25) is 5.91 Å². The van der Waals surface area contributed by atoms with Gasteiger partial charge in [-0.25, -0.2) is 0 Å². The lowest BCUT2D eigenvalue weighted by molar-refractivity contribution is -0.120. The molecule has 0 aromatic carbocycles. The van der Waals surface area contributed by atoms with Crippen molar-refractivity contribution in [3.8, 4) is 0 Å². The number of nitrogens with one attached hydrogen (secondary N) is 2. The summed E-state index contributed by atoms with van der Waals surface area (Å²) in [5, 5.41) is 6.09. The highest BCUT2D eigenvalue weighted by Gasteiger charge is 2.17. The Kier molecular flexibility index (Phi) is 8.07. The minimum absolute atomic E-state index is 0.0932. The van der Waals surface area contributed by atoms with Gasteiger partial charge in [0.05, 0.1) is 6.54 Å². The molecule has 1 aliphatic carbocycles. The molecule has 0 radical (unpaired) electrons. The van der Waals surface area contributed by atoms with Crippen LogP contribution >= 0.6 is 0 Å². The van der Waals surface area contributed by atoms with Crippen LogP contribution in [0.3, 0.4) is 0 Å². The molecule has 0 spiro atoms. The lowest BCUT2D eigenvalue weighted by Crippen LogP contribution is -2.39. The summed E-state index contributed by atoms with van der Waals surface area (Å²) in [6.07, 6.45) is 8.03. The first-order valence-electron chi connectivity index (χ1n) is 7.80. The number of hydrogen-bond acceptors (Lipinski definition) is 3. The number of carbonyl (C=O) groups is 1. The molecule has 19 heavy (non-hydrogen) atoms. The van der Waals surface area contributed by atoms with Crippen molar-refractivity contribution in [1.82, 2.24) is 15.5 Å². The predicted molar refractivity (Wildman–Crippen MR) is 80.3 cm³/mol. The molecule has 112 valence electrons. The van der Waals surface area contributed by atoms with E-state index < -0.39 is 0 Å². The lowest BCUT2D eigenvalue weighted by atomic mass is 9.94. The van der Waals surface area contributed by atoms with E-state index in [0.29, 0.717) is 6.54 Å². The van der Waals surface area contributed by atoms with Crippen molar-refractivity contribution >= 4 is 5.91 Å². The van der Waals surface area contributed by atoms with E-state index in [9.17, 15) is 4.79 Å². The first kappa shape index (κ1) is 16.4. The van der Waals surface area contributed by atoms with Crippen molar-refractivity contribution in [2.45, 2.75) is 64.5 Å². The number of rotatable bonds is 8. The standard InChI is InChI=1S/C15H31N3O/c1-13(2)17-15(19)12-16-10-7-11-18(3)14-8-5-4-6-9-14/h13-14,16H,4-12H2,1-3H3,(H,17,19). The van der Waals surface area contributed by atoms with Gasteiger partial charge in [0.15, 0.2) is 0 Å². The van der Waals surface area contributed by atoms with Crippen molar-refractivity contribution in [1.29, 1.82) is 0 Å². The van der Waals surface area contributed by atoms with Gasteiger partial charge in [0.25, 0.3) is 0 Å². The molecule has 1 rings (SSSR count). The molecule has 0 bridgehead atoms. The van der Waals surface area contributed by atoms with E-state index in [1.54, 1.807) is 0 Å². The fraction of sp³-hybridized carbons (Fsp3) is 0.933. The molecule has 0 aliphatic heterocycles. The van der Waals surface area contributed by atoms with E-state index in [-0.39, 0.29) is 11.9 Å². The minimum atomic E-state index is 0.0932. The quantitative estimate of drug-likeness (QED) is 0.660. The maximum Gasteiger partial charge on any atom is 0.234 e. The van der Waals surface area contributed by atoms with Crippen molar-refractivity contribution < 1.29 is 4.79 Å². The molecule has 1 amide bonds. The van der Waals surface area contributed by atoms with E-state index in [0.717, 1.165) is 25.6 Å². The molecule has 1 fully saturated rings. The van der Waals surface area contributed by atoms with Gasteiger partial charge in [0.1, 0.15) is 0 Å². The summed E-state index contributed by atoms with van der Waals surface area (Å²) in [5.41, 5.74) is 0. The average molecular weight is 269 g/mol. The summed E-state index contributed by atoms with van der Waals surface area (Å²) in [6.45, 7) is 6.45. The third-order valence-electron chi connectivity index (χ3n) is 3.80. The first-order chi connectivity index (χ1) is 9.09. The van der Waals surface area contributed by atoms with E-state index in [2.05, 4.69) is 22.6 Å². The molecule has 0 heterocycles. The van der Waals surface area contributed by atoms with Crippen LogP contribution in [-0.2, 0) is 4.79 Å². The normalized spacial score (nSPS) is 17.1. The monoisotopic (exact) mass is 269 g/mol. The van der Waals surface area contributed by atoms with E-state index >= 15 is 0 Å². The van der Waals surface area contributed by atoms with Crippen LogP contribution in [0.15, 0.2) is 0 Å². The molecule has 0 aromatic rings. The smallest absolute Gasteiger partial charge is 0.234 e. The highest BCUT2D eigenvalue weighted by atomic mass is 16.1. The second kappa shape index (κ2) is 9.32. The fourth-order valence-corrected chi connectivity index (χ4v) is 2.73. The van der Waals surface area contributed by atoms with Gasteiger partial charge >= 0.3 is 0 Å². The molecule has 0 atom stereocenters. The molecule has 4 heteroatoms. The molecule has 4 nitrogen and oxygen atoms in total. The first-order valence-corrected chi connectivity index (χ1v) is 7.80. The maximum atomic E-state index is 11.4. The van der Waals surface area contributed by atoms with Gasteiger partial charge in [0, 0.05) is 12.1 Å². The van der Waals surface area contributed by atoms with Crippen LogP contribution in [0.25, 0.3) is 0 Å². The Morgan fingerprint density at radius 3 is 2.58 bits per heavy atom. The zero-order valence-electron chi connectivity index (χ0n) is 12.9. The van der Waals surface area contributed by atoms with Gasteiger partial charge in [-0.05, 0) is 53.2 Å². The molecule has 0 saturated heterocycles. The number of hydrogen-bond donors (Lipinski definition) is 2. The lowest BCUT2D eigenvalue weighted by Gasteiger charge is -2.31. The Labute approximate surface area is 118 Å². The summed E-state index contributed by atoms with van der Waals surface area (Å²) in [5.74, 6) is 0.0932. The number of amides is 1. The average Bonchev–Trinajstić information content (AvgIpc) is 2.38. The zero-order valence-corrected chi connectivity index (χ0v) is 12.9. The van der Waals surface area contributed by atoms with Gasteiger partial charge in [-0.1, -0.05) is 19.3 Å². The molecule has 1 aliphatic rings.